The third-order valence-electron chi connectivity index (χ3n) is 3.92. The van der Waals surface area contributed by atoms with E-state index in [-0.39, 0.29) is 11.9 Å². The predicted octanol–water partition coefficient (Wildman–Crippen LogP) is 2.75. The molecule has 0 aliphatic carbocycles. The Morgan fingerprint density at radius 3 is 3.00 bits per heavy atom. The first kappa shape index (κ1) is 15.9. The molecule has 0 bridgehead atoms. The van der Waals surface area contributed by atoms with Gasteiger partial charge in [-0.3, -0.25) is 9.48 Å². The normalized spacial score (nSPS) is 18.0. The number of nitrogens with zero attached hydrogens (tertiary/aromatic N) is 3. The minimum absolute atomic E-state index is 0.0307. The van der Waals surface area contributed by atoms with E-state index in [1.807, 2.05) is 67.3 Å². The Hall–Kier alpha value is -1.95. The molecule has 0 unspecified atom stereocenters. The second-order valence-corrected chi connectivity index (χ2v) is 6.62. The molecule has 2 heterocycles. The third kappa shape index (κ3) is 3.37. The highest BCUT2D eigenvalue weighted by atomic mass is 32.2. The van der Waals surface area contributed by atoms with E-state index in [2.05, 4.69) is 5.10 Å². The maximum Gasteiger partial charge on any atom is 0.258 e. The molecule has 5 nitrogen and oxygen atoms in total. The highest BCUT2D eigenvalue weighted by molar-refractivity contribution is 7.99. The minimum atomic E-state index is 0.0307. The van der Waals surface area contributed by atoms with Gasteiger partial charge in [-0.05, 0) is 19.1 Å². The summed E-state index contributed by atoms with van der Waals surface area (Å²) in [5.74, 6) is 2.54. The van der Waals surface area contributed by atoms with Crippen LogP contribution in [0.25, 0.3) is 0 Å². The highest BCUT2D eigenvalue weighted by Crippen LogP contribution is 2.32. The van der Waals surface area contributed by atoms with Crippen molar-refractivity contribution in [2.75, 3.05) is 24.7 Å². The van der Waals surface area contributed by atoms with Crippen LogP contribution in [-0.4, -0.2) is 45.2 Å². The molecule has 3 rings (SSSR count). The Morgan fingerprint density at radius 2 is 2.26 bits per heavy atom. The van der Waals surface area contributed by atoms with Crippen LogP contribution in [0.15, 0.2) is 36.7 Å². The Balaban J connectivity index is 1.90. The van der Waals surface area contributed by atoms with Gasteiger partial charge >= 0.3 is 0 Å². The van der Waals surface area contributed by atoms with E-state index in [9.17, 15) is 4.79 Å². The molecule has 1 aromatic heterocycles. The molecule has 1 aliphatic rings. The second kappa shape index (κ2) is 7.08. The average Bonchev–Trinajstić information content (AvgIpc) is 3.01. The van der Waals surface area contributed by atoms with Gasteiger partial charge in [0.15, 0.2) is 0 Å². The van der Waals surface area contributed by atoms with Crippen LogP contribution >= 0.6 is 11.8 Å². The van der Waals surface area contributed by atoms with Crippen molar-refractivity contribution in [2.45, 2.75) is 13.0 Å². The zero-order valence-corrected chi connectivity index (χ0v) is 14.3. The van der Waals surface area contributed by atoms with E-state index in [1.54, 1.807) is 4.68 Å². The largest absolute Gasteiger partial charge is 0.493 e. The number of para-hydroxylation sites is 1. The summed E-state index contributed by atoms with van der Waals surface area (Å²) in [5, 5.41) is 4.25. The first-order valence-corrected chi connectivity index (χ1v) is 8.95. The van der Waals surface area contributed by atoms with Crippen LogP contribution in [0, 0.1) is 0 Å². The SMILES string of the molecule is CCOc1ccccc1C(=O)N1CCSC[C@H]1c1cnn(C)c1. The first-order chi connectivity index (χ1) is 11.2. The number of thioether (sulfide) groups is 1. The molecule has 0 saturated carbocycles. The van der Waals surface area contributed by atoms with Crippen LogP contribution in [0.3, 0.4) is 0 Å². The summed E-state index contributed by atoms with van der Waals surface area (Å²) in [5.41, 5.74) is 1.72. The molecular formula is C17H21N3O2S. The van der Waals surface area contributed by atoms with Gasteiger partial charge < -0.3 is 9.64 Å². The smallest absolute Gasteiger partial charge is 0.258 e. The van der Waals surface area contributed by atoms with Crippen LogP contribution < -0.4 is 4.74 Å². The summed E-state index contributed by atoms with van der Waals surface area (Å²) in [4.78, 5) is 15.0. The van der Waals surface area contributed by atoms with E-state index in [0.717, 1.165) is 23.6 Å². The molecule has 1 saturated heterocycles. The Morgan fingerprint density at radius 1 is 1.43 bits per heavy atom. The standard InChI is InChI=1S/C17H21N3O2S/c1-3-22-16-7-5-4-6-14(16)17(21)20-8-9-23-12-15(20)13-10-18-19(2)11-13/h4-7,10-11,15H,3,8-9,12H2,1-2H3/t15-/m0/s1. The van der Waals surface area contributed by atoms with Crippen LogP contribution in [0.1, 0.15) is 28.9 Å². The van der Waals surface area contributed by atoms with Crippen LogP contribution in [0.5, 0.6) is 5.75 Å². The first-order valence-electron chi connectivity index (χ1n) is 7.79. The molecule has 1 atom stereocenters. The summed E-state index contributed by atoms with van der Waals surface area (Å²) in [7, 11) is 1.90. The van der Waals surface area contributed by atoms with Crippen molar-refractivity contribution in [3.63, 3.8) is 0 Å². The van der Waals surface area contributed by atoms with E-state index in [4.69, 9.17) is 4.74 Å². The van der Waals surface area contributed by atoms with Gasteiger partial charge in [-0.25, -0.2) is 0 Å². The van der Waals surface area contributed by atoms with E-state index in [1.165, 1.54) is 0 Å². The molecule has 1 fully saturated rings. The fourth-order valence-electron chi connectivity index (χ4n) is 2.81. The molecule has 6 heteroatoms. The summed E-state index contributed by atoms with van der Waals surface area (Å²) in [6.07, 6.45) is 3.84. The minimum Gasteiger partial charge on any atom is -0.493 e. The van der Waals surface area contributed by atoms with Crippen LogP contribution in [0.2, 0.25) is 0 Å². The van der Waals surface area contributed by atoms with Crippen molar-refractivity contribution in [1.29, 1.82) is 0 Å². The maximum atomic E-state index is 13.1. The number of rotatable bonds is 4. The lowest BCUT2D eigenvalue weighted by Gasteiger charge is -2.35. The number of ether oxygens (including phenoxy) is 1. The summed E-state index contributed by atoms with van der Waals surface area (Å²) >= 11 is 1.88. The van der Waals surface area contributed by atoms with Crippen molar-refractivity contribution in [3.8, 4) is 5.75 Å². The molecule has 0 spiro atoms. The number of aromatic nitrogens is 2. The highest BCUT2D eigenvalue weighted by Gasteiger charge is 2.31. The topological polar surface area (TPSA) is 47.4 Å². The number of aryl methyl sites for hydroxylation is 1. The lowest BCUT2D eigenvalue weighted by molar-refractivity contribution is 0.0697. The molecule has 122 valence electrons. The van der Waals surface area contributed by atoms with Gasteiger partial charge in [0.2, 0.25) is 0 Å². The molecule has 2 aromatic rings. The lowest BCUT2D eigenvalue weighted by Crippen LogP contribution is -2.40. The predicted molar refractivity (Wildman–Crippen MR) is 91.9 cm³/mol. The molecule has 1 aromatic carbocycles. The van der Waals surface area contributed by atoms with Gasteiger partial charge in [-0.2, -0.15) is 16.9 Å². The van der Waals surface area contributed by atoms with Crippen LogP contribution in [-0.2, 0) is 7.05 Å². The van der Waals surface area contributed by atoms with Gasteiger partial charge in [-0.15, -0.1) is 0 Å². The maximum absolute atomic E-state index is 13.1. The zero-order valence-electron chi connectivity index (χ0n) is 13.4. The molecular weight excluding hydrogens is 310 g/mol. The van der Waals surface area contributed by atoms with E-state index >= 15 is 0 Å². The second-order valence-electron chi connectivity index (χ2n) is 5.47. The number of amides is 1. The molecule has 0 radical (unpaired) electrons. The number of carbonyl (C=O) groups excluding carboxylic acids is 1. The Bertz CT molecular complexity index is 686. The van der Waals surface area contributed by atoms with Crippen molar-refractivity contribution in [1.82, 2.24) is 14.7 Å². The summed E-state index contributed by atoms with van der Waals surface area (Å²) < 4.78 is 7.41. The van der Waals surface area contributed by atoms with Crippen molar-refractivity contribution in [3.05, 3.63) is 47.8 Å². The van der Waals surface area contributed by atoms with Gasteiger partial charge in [0.25, 0.3) is 5.91 Å². The number of hydrogen-bond donors (Lipinski definition) is 0. The fourth-order valence-corrected chi connectivity index (χ4v) is 3.90. The van der Waals surface area contributed by atoms with Crippen molar-refractivity contribution in [2.24, 2.45) is 7.05 Å². The molecule has 1 amide bonds. The average molecular weight is 331 g/mol. The van der Waals surface area contributed by atoms with E-state index in [0.29, 0.717) is 17.9 Å². The lowest BCUT2D eigenvalue weighted by atomic mass is 10.1. The van der Waals surface area contributed by atoms with Crippen molar-refractivity contribution < 1.29 is 9.53 Å². The fraction of sp³-hybridized carbons (Fsp3) is 0.412. The van der Waals surface area contributed by atoms with Crippen molar-refractivity contribution >= 4 is 17.7 Å². The monoisotopic (exact) mass is 331 g/mol. The molecule has 0 N–H and O–H groups in total. The number of benzene rings is 1. The number of carbonyl (C=O) groups is 1. The van der Waals surface area contributed by atoms with Crippen LogP contribution in [0.4, 0.5) is 0 Å². The number of hydrogen-bond acceptors (Lipinski definition) is 4. The summed E-state index contributed by atoms with van der Waals surface area (Å²) in [6, 6.07) is 7.54. The molecule has 23 heavy (non-hydrogen) atoms. The van der Waals surface area contributed by atoms with Gasteiger partial charge in [0, 0.05) is 36.9 Å². The molecule has 1 aliphatic heterocycles. The Labute approximate surface area is 140 Å². The summed E-state index contributed by atoms with van der Waals surface area (Å²) in [6.45, 7) is 3.22. The van der Waals surface area contributed by atoms with E-state index < -0.39 is 0 Å². The van der Waals surface area contributed by atoms with Gasteiger partial charge in [-0.1, -0.05) is 12.1 Å². The van der Waals surface area contributed by atoms with Gasteiger partial charge in [0.05, 0.1) is 24.4 Å². The quantitative estimate of drug-likeness (QED) is 0.864. The van der Waals surface area contributed by atoms with Gasteiger partial charge in [0.1, 0.15) is 5.75 Å². The third-order valence-corrected chi connectivity index (χ3v) is 4.94. The Kier molecular flexibility index (Phi) is 4.91. The zero-order chi connectivity index (χ0) is 16.2.